The maximum atomic E-state index is 7.28. The molecule has 2 bridgehead atoms. The van der Waals surface area contributed by atoms with Crippen LogP contribution in [0.2, 0.25) is 0 Å². The Bertz CT molecular complexity index is 5110. The number of furan rings is 1. The highest BCUT2D eigenvalue weighted by atomic mass is 16.5. The molecule has 5 aliphatic rings. The monoisotopic (exact) mass is 1050 g/mol. The number of fused-ring (bicyclic) bond motifs is 21. The van der Waals surface area contributed by atoms with E-state index in [1.54, 1.807) is 0 Å². The molecule has 0 radical (unpaired) electrons. The maximum Gasteiger partial charge on any atom is 0.160 e. The van der Waals surface area contributed by atoms with Gasteiger partial charge in [-0.15, -0.1) is 0 Å². The SMILES string of the molecule is C1=CCC(n2c3ccccc3c3c4c(c5ccc6cc5n4-c4ccc(C5=NC(c7ccccc7)NC(c7ccccc7)=N5)cc4-c4nc(-c5ccccc5)nc(C5=CCC7Oc8ccccc8C7=C5)c4-6)c4oc5ccccc5c4c32)C=C1. The van der Waals surface area contributed by atoms with Gasteiger partial charge in [-0.2, -0.15) is 0 Å². The Morgan fingerprint density at radius 2 is 1.29 bits per heavy atom. The molecule has 0 amide bonds. The summed E-state index contributed by atoms with van der Waals surface area (Å²) in [4.78, 5) is 22.3. The maximum absolute atomic E-state index is 7.28. The highest BCUT2D eigenvalue weighted by Crippen LogP contribution is 2.54. The zero-order valence-corrected chi connectivity index (χ0v) is 44.2. The van der Waals surface area contributed by atoms with E-state index in [0.717, 1.165) is 140 Å². The van der Waals surface area contributed by atoms with Gasteiger partial charge in [0.25, 0.3) is 0 Å². The summed E-state index contributed by atoms with van der Waals surface area (Å²) >= 11 is 0. The predicted octanol–water partition coefficient (Wildman–Crippen LogP) is 17.1. The number of hydrogen-bond acceptors (Lipinski definition) is 7. The molecule has 9 heteroatoms. The fourth-order valence-electron chi connectivity index (χ4n) is 13.7. The largest absolute Gasteiger partial charge is 0.485 e. The van der Waals surface area contributed by atoms with Crippen molar-refractivity contribution in [1.82, 2.24) is 24.4 Å². The van der Waals surface area contributed by atoms with Gasteiger partial charge in [-0.1, -0.05) is 188 Å². The van der Waals surface area contributed by atoms with Crippen molar-refractivity contribution in [3.05, 3.63) is 265 Å². The topological polar surface area (TPSA) is 94.8 Å². The summed E-state index contributed by atoms with van der Waals surface area (Å²) in [5, 5.41) is 10.4. The van der Waals surface area contributed by atoms with Crippen molar-refractivity contribution in [3.63, 3.8) is 0 Å². The third-order valence-electron chi connectivity index (χ3n) is 17.3. The van der Waals surface area contributed by atoms with E-state index in [1.165, 1.54) is 16.3 Å². The Balaban J connectivity index is 0.995. The van der Waals surface area contributed by atoms with Crippen LogP contribution in [0.4, 0.5) is 0 Å². The van der Waals surface area contributed by atoms with Crippen LogP contribution >= 0.6 is 0 Å². The lowest BCUT2D eigenvalue weighted by molar-refractivity contribution is 0.279. The quantitative estimate of drug-likeness (QED) is 0.179. The van der Waals surface area contributed by atoms with E-state index in [0.29, 0.717) is 18.1 Å². The molecule has 0 spiro atoms. The van der Waals surface area contributed by atoms with Crippen molar-refractivity contribution < 1.29 is 9.15 Å². The van der Waals surface area contributed by atoms with E-state index in [-0.39, 0.29) is 12.1 Å². The first-order valence-corrected chi connectivity index (χ1v) is 28.2. The molecule has 4 aromatic heterocycles. The lowest BCUT2D eigenvalue weighted by atomic mass is 9.87. The van der Waals surface area contributed by atoms with E-state index >= 15 is 0 Å². The van der Waals surface area contributed by atoms with Crippen molar-refractivity contribution in [2.45, 2.75) is 31.2 Å². The second-order valence-electron chi connectivity index (χ2n) is 21.9. The minimum atomic E-state index is -0.393. The second-order valence-corrected chi connectivity index (χ2v) is 21.9. The highest BCUT2D eigenvalue weighted by molar-refractivity contribution is 6.39. The van der Waals surface area contributed by atoms with Crippen LogP contribution in [0.5, 0.6) is 5.75 Å². The molecule has 1 N–H and O–H groups in total. The molecule has 3 unspecified atom stereocenters. The number of ether oxygens (including phenoxy) is 1. The van der Waals surface area contributed by atoms with Gasteiger partial charge in [0.2, 0.25) is 0 Å². The summed E-state index contributed by atoms with van der Waals surface area (Å²) in [7, 11) is 0. The molecule has 2 aliphatic carbocycles. The van der Waals surface area contributed by atoms with Gasteiger partial charge < -0.3 is 23.6 Å². The number of para-hydroxylation sites is 3. The summed E-state index contributed by atoms with van der Waals surface area (Å²) < 4.78 is 18.9. The number of benzene rings is 9. The Labute approximate surface area is 470 Å². The van der Waals surface area contributed by atoms with Gasteiger partial charge >= 0.3 is 0 Å². The molecule has 0 saturated carbocycles. The number of hydrogen-bond donors (Lipinski definition) is 1. The summed E-state index contributed by atoms with van der Waals surface area (Å²) in [5.41, 5.74) is 18.8. The van der Waals surface area contributed by atoms with Gasteiger partial charge in [0, 0.05) is 72.4 Å². The van der Waals surface area contributed by atoms with Crippen molar-refractivity contribution in [3.8, 4) is 45.2 Å². The molecule has 3 aliphatic heterocycles. The summed E-state index contributed by atoms with van der Waals surface area (Å²) in [6, 6.07) is 70.8. The van der Waals surface area contributed by atoms with E-state index in [9.17, 15) is 0 Å². The molecule has 9 nitrogen and oxygen atoms in total. The van der Waals surface area contributed by atoms with Crippen molar-refractivity contribution in [2.75, 3.05) is 0 Å². The van der Waals surface area contributed by atoms with Gasteiger partial charge in [-0.05, 0) is 71.7 Å². The van der Waals surface area contributed by atoms with Crippen LogP contribution in [0.25, 0.3) is 116 Å². The fourth-order valence-corrected chi connectivity index (χ4v) is 13.7. The van der Waals surface area contributed by atoms with E-state index in [2.05, 4.69) is 227 Å². The minimum absolute atomic E-state index is 0.0775. The van der Waals surface area contributed by atoms with Crippen LogP contribution < -0.4 is 10.1 Å². The average molecular weight is 1050 g/mol. The first kappa shape index (κ1) is 45.2. The molecule has 9 aromatic carbocycles. The molecular weight excluding hydrogens is 1010 g/mol. The van der Waals surface area contributed by atoms with Crippen LogP contribution in [0.3, 0.4) is 0 Å². The van der Waals surface area contributed by atoms with E-state index < -0.39 is 6.17 Å². The van der Waals surface area contributed by atoms with Crippen LogP contribution in [0.1, 0.15) is 53.0 Å². The van der Waals surface area contributed by atoms with Gasteiger partial charge in [-0.25, -0.2) is 20.0 Å². The Morgan fingerprint density at radius 1 is 0.561 bits per heavy atom. The van der Waals surface area contributed by atoms with Gasteiger partial charge in [0.15, 0.2) is 11.7 Å². The van der Waals surface area contributed by atoms with Crippen molar-refractivity contribution in [2.24, 2.45) is 9.98 Å². The molecule has 0 fully saturated rings. The number of nitrogens with one attached hydrogen (secondary N) is 1. The lowest BCUT2D eigenvalue weighted by Crippen LogP contribution is -2.33. The minimum Gasteiger partial charge on any atom is -0.485 e. The number of rotatable bonds is 6. The highest BCUT2D eigenvalue weighted by Gasteiger charge is 2.35. The Morgan fingerprint density at radius 3 is 2.15 bits per heavy atom. The molecule has 13 aromatic rings. The zero-order chi connectivity index (χ0) is 53.6. The van der Waals surface area contributed by atoms with Crippen LogP contribution in [-0.2, 0) is 0 Å². The van der Waals surface area contributed by atoms with Gasteiger partial charge in [0.05, 0.1) is 50.4 Å². The molecule has 3 atom stereocenters. The molecule has 18 rings (SSSR count). The number of nitrogens with zero attached hydrogens (tertiary/aromatic N) is 6. The van der Waals surface area contributed by atoms with Crippen LogP contribution in [0.15, 0.2) is 251 Å². The van der Waals surface area contributed by atoms with Crippen LogP contribution in [0, 0.1) is 0 Å². The number of aromatic nitrogens is 4. The first-order valence-electron chi connectivity index (χ1n) is 28.2. The number of allylic oxidation sites excluding steroid dienone is 6. The normalized spacial score (nSPS) is 17.7. The van der Waals surface area contributed by atoms with E-state index in [4.69, 9.17) is 29.1 Å². The zero-order valence-electron chi connectivity index (χ0n) is 44.2. The summed E-state index contributed by atoms with van der Waals surface area (Å²) in [5.74, 6) is 2.91. The lowest BCUT2D eigenvalue weighted by Gasteiger charge is -2.25. The number of amidine groups is 2. The smallest absolute Gasteiger partial charge is 0.160 e. The fraction of sp³-hybridized carbons (Fsp3) is 0.0685. The van der Waals surface area contributed by atoms with Gasteiger partial charge in [0.1, 0.15) is 35.0 Å². The first-order chi connectivity index (χ1) is 40.7. The van der Waals surface area contributed by atoms with E-state index in [1.807, 2.05) is 24.3 Å². The molecular formula is C73H47N7O2. The predicted molar refractivity (Wildman–Crippen MR) is 332 cm³/mol. The molecule has 7 heterocycles. The molecule has 0 saturated heterocycles. The molecule has 386 valence electrons. The van der Waals surface area contributed by atoms with Crippen LogP contribution in [-0.4, -0.2) is 36.9 Å². The van der Waals surface area contributed by atoms with Gasteiger partial charge in [-0.3, -0.25) is 0 Å². The van der Waals surface area contributed by atoms with Crippen molar-refractivity contribution >= 4 is 88.4 Å². The third-order valence-corrected chi connectivity index (χ3v) is 17.3. The van der Waals surface area contributed by atoms with Crippen molar-refractivity contribution in [1.29, 1.82) is 0 Å². The molecule has 82 heavy (non-hydrogen) atoms. The Hall–Kier alpha value is -10.6. The third kappa shape index (κ3) is 6.61. The average Bonchev–Trinajstić information content (AvgIpc) is 2.27. The number of aliphatic imine (C=N–C) groups is 2. The summed E-state index contributed by atoms with van der Waals surface area (Å²) in [6.07, 6.45) is 14.7. The Kier molecular flexibility index (Phi) is 9.62. The standard InChI is InChI=1S/C73H47N7O2/c1-5-19-42(20-6-1)70-74-65(46-35-38-60-53(39-46)49-27-14-17-31-58(49)81-60)61-45-33-36-51-57(41-45)80(56-37-34-47(40-54(56)66(61)75-70)73-77-71(43-21-7-2-8-22-43)76-72(78-73)44-23-9-3-10-24-44)68-62-50-28-13-16-30-55(50)79(48-25-11-4-12-26-48)67(62)64-52-29-15-18-32-59(52)82-69(64)63(51)68/h1-25,27-37,39-41,48,60,71H,26,38H2,(H,76,77,78). The second kappa shape index (κ2) is 17.4. The summed E-state index contributed by atoms with van der Waals surface area (Å²) in [6.45, 7) is 0.